The van der Waals surface area contributed by atoms with Crippen LogP contribution < -0.4 is 19.8 Å². The Bertz CT molecular complexity index is 1400. The van der Waals surface area contributed by atoms with Gasteiger partial charge in [-0.3, -0.25) is 4.79 Å². The zero-order chi connectivity index (χ0) is 23.3. The number of benzene rings is 1. The molecule has 1 aromatic carbocycles. The molecule has 0 fully saturated rings. The molecule has 4 aromatic rings. The number of H-pyrrole nitrogens is 1. The lowest BCUT2D eigenvalue weighted by Gasteiger charge is -2.29. The monoisotopic (exact) mass is 475 g/mol. The van der Waals surface area contributed by atoms with Crippen molar-refractivity contribution in [1.82, 2.24) is 19.2 Å². The van der Waals surface area contributed by atoms with Gasteiger partial charge >= 0.3 is 5.97 Å². The third-order valence-electron chi connectivity index (χ3n) is 5.79. The number of rotatable bonds is 10. The highest BCUT2D eigenvalue weighted by Crippen LogP contribution is 2.33. The third kappa shape index (κ3) is 4.89. The van der Waals surface area contributed by atoms with Gasteiger partial charge in [0, 0.05) is 65.6 Å². The second kappa shape index (κ2) is 9.96. The van der Waals surface area contributed by atoms with Crippen LogP contribution in [0.25, 0.3) is 23.2 Å². The number of aromatic nitrogens is 3. The fourth-order valence-corrected chi connectivity index (χ4v) is 4.80. The Morgan fingerprint density at radius 2 is 2.26 bits per heavy atom. The number of hydrogen-bond donors (Lipinski definition) is 3. The Balaban J connectivity index is 1.27. The number of carbonyl (C=O) groups is 1. The number of fused-ring (bicyclic) bond motifs is 2. The maximum absolute atomic E-state index is 11.7. The second-order valence-electron chi connectivity index (χ2n) is 8.08. The predicted molar refractivity (Wildman–Crippen MR) is 133 cm³/mol. The number of anilines is 1. The molecule has 1 aliphatic heterocycles. The third-order valence-corrected chi connectivity index (χ3v) is 6.60. The summed E-state index contributed by atoms with van der Waals surface area (Å²) in [5, 5.41) is 14.9. The lowest BCUT2D eigenvalue weighted by Crippen LogP contribution is -2.35. The molecular formula is C25H25N5O3S. The van der Waals surface area contributed by atoms with Crippen molar-refractivity contribution in [3.05, 3.63) is 70.3 Å². The van der Waals surface area contributed by atoms with E-state index in [-0.39, 0.29) is 12.5 Å². The molecule has 1 atom stereocenters. The number of aromatic amines is 1. The average molecular weight is 476 g/mol. The molecule has 3 N–H and O–H groups in total. The van der Waals surface area contributed by atoms with E-state index in [0.29, 0.717) is 13.2 Å². The van der Waals surface area contributed by atoms with E-state index in [1.807, 2.05) is 55.0 Å². The van der Waals surface area contributed by atoms with Crippen LogP contribution in [0.2, 0.25) is 0 Å². The number of ether oxygens (including phenoxy) is 1. The van der Waals surface area contributed by atoms with Gasteiger partial charge in [0.15, 0.2) is 0 Å². The van der Waals surface area contributed by atoms with Crippen molar-refractivity contribution >= 4 is 46.5 Å². The smallest absolute Gasteiger partial charge is 0.305 e. The first-order valence-corrected chi connectivity index (χ1v) is 11.9. The van der Waals surface area contributed by atoms with Crippen molar-refractivity contribution < 1.29 is 14.6 Å². The lowest BCUT2D eigenvalue weighted by molar-refractivity contribution is -0.138. The summed E-state index contributed by atoms with van der Waals surface area (Å²) in [6, 6.07) is 11.4. The molecule has 1 unspecified atom stereocenters. The van der Waals surface area contributed by atoms with Gasteiger partial charge in [-0.2, -0.15) is 4.37 Å². The van der Waals surface area contributed by atoms with Crippen LogP contribution in [-0.4, -0.2) is 50.0 Å². The first-order chi connectivity index (χ1) is 16.7. The molecule has 0 radical (unpaired) electrons. The van der Waals surface area contributed by atoms with Crippen LogP contribution in [-0.2, 0) is 4.79 Å². The van der Waals surface area contributed by atoms with Gasteiger partial charge in [-0.05, 0) is 48.3 Å². The van der Waals surface area contributed by atoms with Crippen LogP contribution in [0.3, 0.4) is 0 Å². The summed E-state index contributed by atoms with van der Waals surface area (Å²) in [6.07, 6.45) is 10.5. The van der Waals surface area contributed by atoms with Crippen molar-refractivity contribution in [2.45, 2.75) is 18.9 Å². The van der Waals surface area contributed by atoms with E-state index in [1.54, 1.807) is 6.20 Å². The first kappa shape index (κ1) is 22.0. The number of aliphatic carboxylic acids is 1. The molecular weight excluding hydrogens is 450 g/mol. The van der Waals surface area contributed by atoms with Gasteiger partial charge in [0.25, 0.3) is 0 Å². The molecule has 5 rings (SSSR count). The maximum atomic E-state index is 11.7. The molecule has 0 bridgehead atoms. The molecule has 1 aliphatic rings. The first-order valence-electron chi connectivity index (χ1n) is 11.2. The van der Waals surface area contributed by atoms with E-state index < -0.39 is 5.97 Å². The van der Waals surface area contributed by atoms with Crippen LogP contribution in [0.1, 0.15) is 24.4 Å². The van der Waals surface area contributed by atoms with Crippen LogP contribution in [0, 0.1) is 0 Å². The fourth-order valence-electron chi connectivity index (χ4n) is 4.16. The van der Waals surface area contributed by atoms with E-state index in [1.165, 1.54) is 11.5 Å². The zero-order valence-electron chi connectivity index (χ0n) is 18.5. The average Bonchev–Trinajstić information content (AvgIpc) is 3.49. The van der Waals surface area contributed by atoms with Crippen molar-refractivity contribution in [2.24, 2.45) is 0 Å². The molecule has 3 aromatic heterocycles. The van der Waals surface area contributed by atoms with Crippen LogP contribution in [0.15, 0.2) is 55.0 Å². The maximum Gasteiger partial charge on any atom is 0.305 e. The number of pyridine rings is 1. The molecule has 34 heavy (non-hydrogen) atoms. The SMILES string of the molecule is O=C(O)CC(c1c[nH]c2cc(OCCCNc3ccccn3)ccc12)N1C=c2cnsc2=CC1. The van der Waals surface area contributed by atoms with Crippen molar-refractivity contribution in [1.29, 1.82) is 0 Å². The van der Waals surface area contributed by atoms with Crippen LogP contribution >= 0.6 is 11.5 Å². The second-order valence-corrected chi connectivity index (χ2v) is 8.92. The van der Waals surface area contributed by atoms with Gasteiger partial charge in [-0.15, -0.1) is 0 Å². The summed E-state index contributed by atoms with van der Waals surface area (Å²) in [7, 11) is 0. The number of hydrogen-bond acceptors (Lipinski definition) is 7. The van der Waals surface area contributed by atoms with E-state index in [4.69, 9.17) is 4.74 Å². The van der Waals surface area contributed by atoms with Crippen molar-refractivity contribution in [3.63, 3.8) is 0 Å². The zero-order valence-corrected chi connectivity index (χ0v) is 19.3. The Hall–Kier alpha value is -3.85. The minimum atomic E-state index is -0.832. The minimum absolute atomic E-state index is 0.00567. The summed E-state index contributed by atoms with van der Waals surface area (Å²) >= 11 is 1.46. The lowest BCUT2D eigenvalue weighted by atomic mass is 10.0. The van der Waals surface area contributed by atoms with E-state index in [0.717, 1.165) is 50.8 Å². The highest BCUT2D eigenvalue weighted by molar-refractivity contribution is 7.03. The van der Waals surface area contributed by atoms with E-state index in [9.17, 15) is 9.90 Å². The molecule has 0 saturated heterocycles. The van der Waals surface area contributed by atoms with Crippen LogP contribution in [0.4, 0.5) is 5.82 Å². The highest BCUT2D eigenvalue weighted by Gasteiger charge is 2.25. The number of carboxylic acids is 1. The molecule has 0 aliphatic carbocycles. The summed E-state index contributed by atoms with van der Waals surface area (Å²) in [6.45, 7) is 2.00. The van der Waals surface area contributed by atoms with Crippen molar-refractivity contribution in [3.8, 4) is 5.75 Å². The highest BCUT2D eigenvalue weighted by atomic mass is 32.1. The van der Waals surface area contributed by atoms with Crippen molar-refractivity contribution in [2.75, 3.05) is 25.0 Å². The number of nitrogens with one attached hydrogen (secondary N) is 2. The van der Waals surface area contributed by atoms with Gasteiger partial charge in [-0.1, -0.05) is 6.07 Å². The molecule has 8 nitrogen and oxygen atoms in total. The summed E-state index contributed by atoms with van der Waals surface area (Å²) in [5.74, 6) is 0.801. The fraction of sp³-hybridized carbons (Fsp3) is 0.240. The predicted octanol–water partition coefficient (Wildman–Crippen LogP) is 2.95. The molecule has 0 saturated carbocycles. The quantitative estimate of drug-likeness (QED) is 0.303. The van der Waals surface area contributed by atoms with Crippen LogP contribution in [0.5, 0.6) is 5.75 Å². The molecule has 4 heterocycles. The van der Waals surface area contributed by atoms with E-state index in [2.05, 4.69) is 30.6 Å². The van der Waals surface area contributed by atoms with Gasteiger partial charge < -0.3 is 25.0 Å². The van der Waals surface area contributed by atoms with Gasteiger partial charge in [0.05, 0.1) is 23.6 Å². The Kier molecular flexibility index (Phi) is 6.44. The summed E-state index contributed by atoms with van der Waals surface area (Å²) in [5.41, 5.74) is 1.88. The van der Waals surface area contributed by atoms with E-state index >= 15 is 0 Å². The minimum Gasteiger partial charge on any atom is -0.493 e. The number of carboxylic acid groups (broad SMARTS) is 1. The number of nitrogens with zero attached hydrogens (tertiary/aromatic N) is 3. The largest absolute Gasteiger partial charge is 0.493 e. The molecule has 9 heteroatoms. The topological polar surface area (TPSA) is 103 Å². The van der Waals surface area contributed by atoms with Gasteiger partial charge in [0.1, 0.15) is 11.6 Å². The normalized spacial score (nSPS) is 13.6. The molecule has 0 amide bonds. The summed E-state index contributed by atoms with van der Waals surface area (Å²) < 4.78 is 11.3. The summed E-state index contributed by atoms with van der Waals surface area (Å²) in [4.78, 5) is 21.3. The van der Waals surface area contributed by atoms with Gasteiger partial charge in [0.2, 0.25) is 0 Å². The van der Waals surface area contributed by atoms with Gasteiger partial charge in [-0.25, -0.2) is 4.98 Å². The Morgan fingerprint density at radius 1 is 1.32 bits per heavy atom. The molecule has 174 valence electrons. The Labute approximate surface area is 200 Å². The Morgan fingerprint density at radius 3 is 3.12 bits per heavy atom. The molecule has 0 spiro atoms. The standard InChI is InChI=1S/C25H25N5O3S/c31-25(32)13-22(30-10-7-23-17(16-30)14-29-34-23)20-15-28-21-12-18(5-6-19(20)21)33-11-3-9-27-24-4-1-2-8-26-24/h1-2,4-8,12,14-16,22,28H,3,9-11,13H2,(H,26,27)(H,31,32).